The Morgan fingerprint density at radius 1 is 1.19 bits per heavy atom. The summed E-state index contributed by atoms with van der Waals surface area (Å²) < 4.78 is 13.6. The van der Waals surface area contributed by atoms with E-state index in [1.807, 2.05) is 54.1 Å². The van der Waals surface area contributed by atoms with Gasteiger partial charge < -0.3 is 19.4 Å². The summed E-state index contributed by atoms with van der Waals surface area (Å²) in [4.78, 5) is 12.2. The third-order valence-corrected chi connectivity index (χ3v) is 5.47. The molecule has 1 aliphatic heterocycles. The highest BCUT2D eigenvalue weighted by atomic mass is 79.9. The molecule has 7 nitrogen and oxygen atoms in total. The number of hydrogen-bond acceptors (Lipinski definition) is 6. The smallest absolute Gasteiger partial charge is 0.234 e. The number of carbonyl (C=O) groups is 1. The first kappa shape index (κ1) is 17.9. The second-order valence-corrected chi connectivity index (χ2v) is 7.64. The minimum Gasteiger partial charge on any atom is -0.454 e. The normalized spacial score (nSPS) is 12.2. The fraction of sp³-hybridized carbons (Fsp3) is 0.167. The van der Waals surface area contributed by atoms with Crippen LogP contribution < -0.4 is 14.8 Å². The number of nitrogens with zero attached hydrogens (tertiary/aromatic N) is 3. The lowest BCUT2D eigenvalue weighted by Crippen LogP contribution is -2.14. The molecule has 0 radical (unpaired) electrons. The Kier molecular flexibility index (Phi) is 5.04. The molecular weight excluding hydrogens is 432 g/mol. The molecule has 1 aliphatic rings. The Hall–Kier alpha value is -2.52. The summed E-state index contributed by atoms with van der Waals surface area (Å²) in [5, 5.41) is 12.0. The number of ether oxygens (including phenoxy) is 2. The highest BCUT2D eigenvalue weighted by Gasteiger charge is 2.18. The Balaban J connectivity index is 1.42. The topological polar surface area (TPSA) is 78.3 Å². The molecule has 0 aliphatic carbocycles. The second kappa shape index (κ2) is 7.61. The van der Waals surface area contributed by atoms with Crippen LogP contribution in [-0.2, 0) is 11.8 Å². The lowest BCUT2D eigenvalue weighted by atomic mass is 10.2. The fourth-order valence-corrected chi connectivity index (χ4v) is 3.56. The van der Waals surface area contributed by atoms with Crippen LogP contribution in [0.2, 0.25) is 0 Å². The van der Waals surface area contributed by atoms with Gasteiger partial charge in [0, 0.05) is 22.8 Å². The maximum atomic E-state index is 12.2. The van der Waals surface area contributed by atoms with E-state index >= 15 is 0 Å². The van der Waals surface area contributed by atoms with Crippen molar-refractivity contribution in [3.8, 4) is 22.9 Å². The van der Waals surface area contributed by atoms with Crippen molar-refractivity contribution in [2.45, 2.75) is 5.16 Å². The van der Waals surface area contributed by atoms with Gasteiger partial charge in [0.2, 0.25) is 12.7 Å². The summed E-state index contributed by atoms with van der Waals surface area (Å²) in [6.07, 6.45) is 0. The zero-order chi connectivity index (χ0) is 18.8. The van der Waals surface area contributed by atoms with Crippen molar-refractivity contribution in [3.05, 3.63) is 46.9 Å². The zero-order valence-corrected chi connectivity index (χ0v) is 16.7. The van der Waals surface area contributed by atoms with Gasteiger partial charge >= 0.3 is 0 Å². The molecule has 0 bridgehead atoms. The molecule has 138 valence electrons. The summed E-state index contributed by atoms with van der Waals surface area (Å²) >= 11 is 4.70. The molecule has 4 rings (SSSR count). The highest BCUT2D eigenvalue weighted by Crippen LogP contribution is 2.35. The van der Waals surface area contributed by atoms with Crippen LogP contribution >= 0.6 is 27.7 Å². The van der Waals surface area contributed by atoms with Gasteiger partial charge in [-0.1, -0.05) is 27.7 Å². The molecule has 0 spiro atoms. The standard InChI is InChI=1S/C18H15BrN4O3S/c1-23-17(11-2-7-14-15(8-11)26-10-25-14)21-22-18(23)27-9-16(24)20-13-5-3-12(19)4-6-13/h2-8H,9-10H2,1H3,(H,20,24). The van der Waals surface area contributed by atoms with Gasteiger partial charge in [-0.25, -0.2) is 0 Å². The Morgan fingerprint density at radius 3 is 2.78 bits per heavy atom. The molecule has 9 heteroatoms. The van der Waals surface area contributed by atoms with E-state index in [0.717, 1.165) is 21.5 Å². The first-order valence-corrected chi connectivity index (χ1v) is 9.85. The summed E-state index contributed by atoms with van der Waals surface area (Å²) in [7, 11) is 1.87. The minimum atomic E-state index is -0.102. The van der Waals surface area contributed by atoms with Crippen LogP contribution in [0.15, 0.2) is 52.1 Å². The number of nitrogens with one attached hydrogen (secondary N) is 1. The van der Waals surface area contributed by atoms with E-state index in [9.17, 15) is 4.79 Å². The van der Waals surface area contributed by atoms with Gasteiger partial charge in [-0.2, -0.15) is 0 Å². The van der Waals surface area contributed by atoms with Crippen molar-refractivity contribution in [3.63, 3.8) is 0 Å². The lowest BCUT2D eigenvalue weighted by Gasteiger charge is -2.06. The van der Waals surface area contributed by atoms with Crippen molar-refractivity contribution in [1.29, 1.82) is 0 Å². The Labute approximate surface area is 168 Å². The van der Waals surface area contributed by atoms with E-state index in [4.69, 9.17) is 9.47 Å². The van der Waals surface area contributed by atoms with E-state index in [-0.39, 0.29) is 18.5 Å². The van der Waals surface area contributed by atoms with Gasteiger partial charge in [0.25, 0.3) is 0 Å². The average molecular weight is 447 g/mol. The van der Waals surface area contributed by atoms with Crippen molar-refractivity contribution >= 4 is 39.3 Å². The number of benzene rings is 2. The van der Waals surface area contributed by atoms with Gasteiger partial charge in [-0.05, 0) is 42.5 Å². The van der Waals surface area contributed by atoms with Crippen LogP contribution in [0.3, 0.4) is 0 Å². The highest BCUT2D eigenvalue weighted by molar-refractivity contribution is 9.10. The molecule has 2 heterocycles. The summed E-state index contributed by atoms with van der Waals surface area (Å²) in [6.45, 7) is 0.228. The van der Waals surface area contributed by atoms with Crippen molar-refractivity contribution in [2.24, 2.45) is 7.05 Å². The maximum absolute atomic E-state index is 12.2. The SMILES string of the molecule is Cn1c(SCC(=O)Nc2ccc(Br)cc2)nnc1-c1ccc2c(c1)OCO2. The van der Waals surface area contributed by atoms with Gasteiger partial charge in [-0.3, -0.25) is 4.79 Å². The first-order valence-electron chi connectivity index (χ1n) is 8.08. The minimum absolute atomic E-state index is 0.102. The number of hydrogen-bond donors (Lipinski definition) is 1. The van der Waals surface area contributed by atoms with Gasteiger partial charge in [-0.15, -0.1) is 10.2 Å². The quantitative estimate of drug-likeness (QED) is 0.601. The molecular formula is C18H15BrN4O3S. The van der Waals surface area contributed by atoms with E-state index in [0.29, 0.717) is 16.7 Å². The molecule has 27 heavy (non-hydrogen) atoms. The van der Waals surface area contributed by atoms with Gasteiger partial charge in [0.1, 0.15) is 0 Å². The van der Waals surface area contributed by atoms with Crippen LogP contribution in [0.4, 0.5) is 5.69 Å². The van der Waals surface area contributed by atoms with Crippen molar-refractivity contribution in [2.75, 3.05) is 17.9 Å². The average Bonchev–Trinajstić information content (AvgIpc) is 3.27. The number of amides is 1. The third-order valence-electron chi connectivity index (χ3n) is 3.93. The molecule has 1 amide bonds. The molecule has 0 atom stereocenters. The number of rotatable bonds is 5. The van der Waals surface area contributed by atoms with Crippen LogP contribution in [0.1, 0.15) is 0 Å². The molecule has 2 aromatic carbocycles. The number of halogens is 1. The van der Waals surface area contributed by atoms with E-state index in [2.05, 4.69) is 31.4 Å². The number of thioether (sulfide) groups is 1. The van der Waals surface area contributed by atoms with Crippen molar-refractivity contribution in [1.82, 2.24) is 14.8 Å². The maximum Gasteiger partial charge on any atom is 0.234 e. The summed E-state index contributed by atoms with van der Waals surface area (Å²) in [5.74, 6) is 2.25. The van der Waals surface area contributed by atoms with Crippen LogP contribution in [-0.4, -0.2) is 33.2 Å². The predicted octanol–water partition coefficient (Wildman–Crippen LogP) is 3.70. The summed E-state index contributed by atoms with van der Waals surface area (Å²) in [6, 6.07) is 13.1. The molecule has 1 N–H and O–H groups in total. The Morgan fingerprint density at radius 2 is 1.96 bits per heavy atom. The lowest BCUT2D eigenvalue weighted by molar-refractivity contribution is -0.113. The van der Waals surface area contributed by atoms with Gasteiger partial charge in [0.05, 0.1) is 5.75 Å². The molecule has 0 saturated heterocycles. The van der Waals surface area contributed by atoms with Crippen LogP contribution in [0, 0.1) is 0 Å². The fourth-order valence-electron chi connectivity index (χ4n) is 2.59. The largest absolute Gasteiger partial charge is 0.454 e. The molecule has 1 aromatic heterocycles. The van der Waals surface area contributed by atoms with E-state index in [1.54, 1.807) is 0 Å². The number of carbonyl (C=O) groups excluding carboxylic acids is 1. The first-order chi connectivity index (χ1) is 13.1. The van der Waals surface area contributed by atoms with Crippen LogP contribution in [0.25, 0.3) is 11.4 Å². The Bertz CT molecular complexity index is 991. The summed E-state index contributed by atoms with van der Waals surface area (Å²) in [5.41, 5.74) is 1.63. The molecule has 0 saturated carbocycles. The van der Waals surface area contributed by atoms with E-state index < -0.39 is 0 Å². The monoisotopic (exact) mass is 446 g/mol. The molecule has 0 fully saturated rings. The predicted molar refractivity (Wildman–Crippen MR) is 106 cm³/mol. The van der Waals surface area contributed by atoms with Crippen LogP contribution in [0.5, 0.6) is 11.5 Å². The van der Waals surface area contributed by atoms with Gasteiger partial charge in [0.15, 0.2) is 22.5 Å². The zero-order valence-electron chi connectivity index (χ0n) is 14.3. The second-order valence-electron chi connectivity index (χ2n) is 5.78. The number of anilines is 1. The number of aromatic nitrogens is 3. The third kappa shape index (κ3) is 3.93. The number of fused-ring (bicyclic) bond motifs is 1. The molecule has 0 unspecified atom stereocenters. The molecule has 3 aromatic rings. The van der Waals surface area contributed by atoms with E-state index in [1.165, 1.54) is 11.8 Å². The van der Waals surface area contributed by atoms with Crippen molar-refractivity contribution < 1.29 is 14.3 Å².